The minimum Gasteiger partial charge on any atom is -0.372 e. The normalized spacial score (nSPS) is 10.8. The number of nitrogens with zero attached hydrogens (tertiary/aromatic N) is 2. The zero-order valence-electron chi connectivity index (χ0n) is 13.8. The van der Waals surface area contributed by atoms with E-state index in [4.69, 9.17) is 0 Å². The Balaban J connectivity index is 2.07. The molecule has 0 aromatic heterocycles. The maximum Gasteiger partial charge on any atom is 0.269 e. The van der Waals surface area contributed by atoms with Gasteiger partial charge >= 0.3 is 0 Å². The first kappa shape index (κ1) is 17.4. The Morgan fingerprint density at radius 2 is 1.62 bits per heavy atom. The second kappa shape index (κ2) is 8.06. The van der Waals surface area contributed by atoms with Crippen LogP contribution >= 0.6 is 0 Å². The number of allylic oxidation sites excluding steroid dienone is 1. The van der Waals surface area contributed by atoms with Gasteiger partial charge in [0.05, 0.1) is 4.92 Å². The number of carbonyl (C=O) groups excluding carboxylic acids is 1. The lowest BCUT2D eigenvalue weighted by atomic mass is 10.1. The number of hydrogen-bond acceptors (Lipinski definition) is 4. The van der Waals surface area contributed by atoms with Gasteiger partial charge in [-0.25, -0.2) is 0 Å². The van der Waals surface area contributed by atoms with E-state index in [0.29, 0.717) is 5.56 Å². The van der Waals surface area contributed by atoms with Gasteiger partial charge in [0.1, 0.15) is 0 Å². The lowest BCUT2D eigenvalue weighted by molar-refractivity contribution is -0.384. The van der Waals surface area contributed by atoms with Gasteiger partial charge in [-0.3, -0.25) is 14.9 Å². The first-order valence-corrected chi connectivity index (χ1v) is 7.87. The highest BCUT2D eigenvalue weighted by Crippen LogP contribution is 2.16. The minimum atomic E-state index is -0.485. The first-order chi connectivity index (χ1) is 11.5. The lowest BCUT2D eigenvalue weighted by Crippen LogP contribution is -2.21. The molecule has 0 aliphatic rings. The van der Waals surface area contributed by atoms with Gasteiger partial charge in [0.15, 0.2) is 5.78 Å². The Morgan fingerprint density at radius 3 is 2.12 bits per heavy atom. The van der Waals surface area contributed by atoms with Crippen molar-refractivity contribution in [2.24, 2.45) is 0 Å². The smallest absolute Gasteiger partial charge is 0.269 e. The molecule has 0 unspecified atom stereocenters. The molecule has 0 aliphatic carbocycles. The Bertz CT molecular complexity index is 730. The summed E-state index contributed by atoms with van der Waals surface area (Å²) < 4.78 is 0. The molecule has 5 heteroatoms. The fourth-order valence-electron chi connectivity index (χ4n) is 2.40. The molecule has 0 bridgehead atoms. The predicted molar refractivity (Wildman–Crippen MR) is 96.5 cm³/mol. The molecule has 0 heterocycles. The van der Waals surface area contributed by atoms with Gasteiger partial charge in [0.25, 0.3) is 5.69 Å². The maximum absolute atomic E-state index is 12.1. The summed E-state index contributed by atoms with van der Waals surface area (Å²) in [6.45, 7) is 6.12. The Morgan fingerprint density at radius 1 is 1.04 bits per heavy atom. The molecule has 0 saturated carbocycles. The lowest BCUT2D eigenvalue weighted by Gasteiger charge is -2.20. The minimum absolute atomic E-state index is 0.0254. The van der Waals surface area contributed by atoms with Crippen LogP contribution < -0.4 is 4.90 Å². The first-order valence-electron chi connectivity index (χ1n) is 7.87. The maximum atomic E-state index is 12.1. The second-order valence-corrected chi connectivity index (χ2v) is 5.27. The standard InChI is InChI=1S/C19H20N2O3/c1-3-20(4-2)17-10-5-15(6-11-17)7-14-19(22)16-8-12-18(13-9-16)21(23)24/h5-14H,3-4H2,1-2H3. The Labute approximate surface area is 141 Å². The van der Waals surface area contributed by atoms with Crippen LogP contribution in [0.5, 0.6) is 0 Å². The molecule has 2 aromatic rings. The molecule has 0 amide bonds. The summed E-state index contributed by atoms with van der Waals surface area (Å²) in [7, 11) is 0. The van der Waals surface area contributed by atoms with Crippen molar-refractivity contribution in [3.8, 4) is 0 Å². The molecule has 24 heavy (non-hydrogen) atoms. The molecular weight excluding hydrogens is 304 g/mol. The van der Waals surface area contributed by atoms with E-state index in [-0.39, 0.29) is 11.5 Å². The van der Waals surface area contributed by atoms with Gasteiger partial charge in [-0.1, -0.05) is 18.2 Å². The molecule has 0 atom stereocenters. The van der Waals surface area contributed by atoms with Crippen LogP contribution in [0.3, 0.4) is 0 Å². The monoisotopic (exact) mass is 324 g/mol. The second-order valence-electron chi connectivity index (χ2n) is 5.27. The zero-order chi connectivity index (χ0) is 17.5. The third-order valence-electron chi connectivity index (χ3n) is 3.81. The number of rotatable bonds is 7. The average molecular weight is 324 g/mol. The number of anilines is 1. The molecule has 0 saturated heterocycles. The van der Waals surface area contributed by atoms with Crippen LogP contribution in [0.2, 0.25) is 0 Å². The molecule has 2 rings (SSSR count). The highest BCUT2D eigenvalue weighted by Gasteiger charge is 2.07. The summed E-state index contributed by atoms with van der Waals surface area (Å²) >= 11 is 0. The van der Waals surface area contributed by atoms with Crippen LogP contribution in [-0.4, -0.2) is 23.8 Å². The number of hydrogen-bond donors (Lipinski definition) is 0. The highest BCUT2D eigenvalue weighted by molar-refractivity contribution is 6.06. The molecule has 124 valence electrons. The fourth-order valence-corrected chi connectivity index (χ4v) is 2.40. The third-order valence-corrected chi connectivity index (χ3v) is 3.81. The predicted octanol–water partition coefficient (Wildman–Crippen LogP) is 4.34. The number of carbonyl (C=O) groups is 1. The molecule has 0 spiro atoms. The van der Waals surface area contributed by atoms with Gasteiger partial charge in [-0.05, 0) is 49.8 Å². The number of benzene rings is 2. The van der Waals surface area contributed by atoms with Crippen LogP contribution in [0.25, 0.3) is 6.08 Å². The van der Waals surface area contributed by atoms with Crippen molar-refractivity contribution in [3.63, 3.8) is 0 Å². The summed E-state index contributed by atoms with van der Waals surface area (Å²) in [5.74, 6) is -0.183. The average Bonchev–Trinajstić information content (AvgIpc) is 2.62. The van der Waals surface area contributed by atoms with Gasteiger partial charge < -0.3 is 4.90 Å². The van der Waals surface area contributed by atoms with Crippen molar-refractivity contribution in [2.45, 2.75) is 13.8 Å². The largest absolute Gasteiger partial charge is 0.372 e. The topological polar surface area (TPSA) is 63.5 Å². The molecular formula is C19H20N2O3. The summed E-state index contributed by atoms with van der Waals surface area (Å²) in [5, 5.41) is 10.6. The van der Waals surface area contributed by atoms with Crippen LogP contribution in [0.1, 0.15) is 29.8 Å². The van der Waals surface area contributed by atoms with E-state index < -0.39 is 4.92 Å². The zero-order valence-corrected chi connectivity index (χ0v) is 13.8. The fraction of sp³-hybridized carbons (Fsp3) is 0.211. The molecule has 2 aromatic carbocycles. The van der Waals surface area contributed by atoms with Crippen LogP contribution in [0, 0.1) is 10.1 Å². The van der Waals surface area contributed by atoms with Crippen molar-refractivity contribution in [2.75, 3.05) is 18.0 Å². The van der Waals surface area contributed by atoms with E-state index >= 15 is 0 Å². The molecule has 0 aliphatic heterocycles. The van der Waals surface area contributed by atoms with Crippen molar-refractivity contribution >= 4 is 23.2 Å². The van der Waals surface area contributed by atoms with Crippen LogP contribution in [0.15, 0.2) is 54.6 Å². The summed E-state index contributed by atoms with van der Waals surface area (Å²) in [6.07, 6.45) is 3.23. The van der Waals surface area contributed by atoms with E-state index in [1.807, 2.05) is 24.3 Å². The van der Waals surface area contributed by atoms with Crippen molar-refractivity contribution < 1.29 is 9.72 Å². The van der Waals surface area contributed by atoms with Gasteiger partial charge in [-0.2, -0.15) is 0 Å². The van der Waals surface area contributed by atoms with E-state index in [0.717, 1.165) is 24.3 Å². The summed E-state index contributed by atoms with van der Waals surface area (Å²) in [6, 6.07) is 13.6. The number of ketones is 1. The van der Waals surface area contributed by atoms with Gasteiger partial charge in [0, 0.05) is 36.5 Å². The van der Waals surface area contributed by atoms with E-state index in [1.54, 1.807) is 6.08 Å². The van der Waals surface area contributed by atoms with E-state index in [1.165, 1.54) is 30.3 Å². The summed E-state index contributed by atoms with van der Waals surface area (Å²) in [5.41, 5.74) is 2.49. The molecule has 0 N–H and O–H groups in total. The van der Waals surface area contributed by atoms with Crippen molar-refractivity contribution in [1.82, 2.24) is 0 Å². The Kier molecular flexibility index (Phi) is 5.84. The number of non-ortho nitro benzene ring substituents is 1. The van der Waals surface area contributed by atoms with E-state index in [9.17, 15) is 14.9 Å². The quantitative estimate of drug-likeness (QED) is 0.329. The molecule has 5 nitrogen and oxygen atoms in total. The molecule has 0 fully saturated rings. The highest BCUT2D eigenvalue weighted by atomic mass is 16.6. The Hall–Kier alpha value is -2.95. The summed E-state index contributed by atoms with van der Waals surface area (Å²) in [4.78, 5) is 24.5. The van der Waals surface area contributed by atoms with Crippen LogP contribution in [-0.2, 0) is 0 Å². The van der Waals surface area contributed by atoms with Crippen molar-refractivity contribution in [3.05, 3.63) is 75.8 Å². The number of nitro groups is 1. The van der Waals surface area contributed by atoms with Crippen molar-refractivity contribution in [1.29, 1.82) is 0 Å². The van der Waals surface area contributed by atoms with Gasteiger partial charge in [0.2, 0.25) is 0 Å². The van der Waals surface area contributed by atoms with Gasteiger partial charge in [-0.15, -0.1) is 0 Å². The SMILES string of the molecule is CCN(CC)c1ccc(C=CC(=O)c2ccc([N+](=O)[O-])cc2)cc1. The molecule has 0 radical (unpaired) electrons. The third kappa shape index (κ3) is 4.29. The van der Waals surface area contributed by atoms with Crippen LogP contribution in [0.4, 0.5) is 11.4 Å². The van der Waals surface area contributed by atoms with E-state index in [2.05, 4.69) is 18.7 Å². The number of nitro benzene ring substituents is 1.